The number of halogens is 1. The van der Waals surface area contributed by atoms with E-state index < -0.39 is 0 Å². The zero-order valence-electron chi connectivity index (χ0n) is 15.7. The van der Waals surface area contributed by atoms with E-state index >= 15 is 0 Å². The van der Waals surface area contributed by atoms with Gasteiger partial charge in [0.05, 0.1) is 23.7 Å². The first-order valence-electron chi connectivity index (χ1n) is 9.19. The smallest absolute Gasteiger partial charge is 0.251 e. The van der Waals surface area contributed by atoms with Gasteiger partial charge < -0.3 is 15.5 Å². The summed E-state index contributed by atoms with van der Waals surface area (Å²) in [5.41, 5.74) is 3.02. The predicted molar refractivity (Wildman–Crippen MR) is 112 cm³/mol. The molecule has 2 heterocycles. The van der Waals surface area contributed by atoms with E-state index in [0.717, 1.165) is 29.3 Å². The minimum Gasteiger partial charge on any atom is -0.355 e. The molecule has 1 fully saturated rings. The molecule has 1 atom stereocenters. The third-order valence-electron chi connectivity index (χ3n) is 4.94. The number of aliphatic imine (C=N–C) groups is 1. The Morgan fingerprint density at radius 2 is 2.00 bits per heavy atom. The van der Waals surface area contributed by atoms with Crippen LogP contribution in [0.4, 0.5) is 0 Å². The lowest BCUT2D eigenvalue weighted by Crippen LogP contribution is -2.39. The second-order valence-corrected chi connectivity index (χ2v) is 8.32. The van der Waals surface area contributed by atoms with Crippen molar-refractivity contribution in [1.29, 1.82) is 0 Å². The zero-order chi connectivity index (χ0) is 19.8. The summed E-state index contributed by atoms with van der Waals surface area (Å²) in [7, 11) is 1.61. The minimum absolute atomic E-state index is 0.00164. The number of rotatable bonds is 5. The van der Waals surface area contributed by atoms with Crippen molar-refractivity contribution in [1.82, 2.24) is 15.5 Å². The molecule has 1 unspecified atom stereocenters. The fraction of sp³-hybridized carbons (Fsp3) is 0.350. The number of carbonyl (C=O) groups excluding carboxylic acids is 2. The van der Waals surface area contributed by atoms with Gasteiger partial charge in [-0.1, -0.05) is 35.5 Å². The number of hydrogen-bond acceptors (Lipinski definition) is 5. The monoisotopic (exact) mass is 416 g/mol. The maximum atomic E-state index is 12.7. The van der Waals surface area contributed by atoms with Gasteiger partial charge in [0.1, 0.15) is 0 Å². The molecule has 0 saturated heterocycles. The normalized spacial score (nSPS) is 21.1. The number of likely N-dealkylation sites (N-methyl/N-ethyl adjacent to an activating group) is 1. The summed E-state index contributed by atoms with van der Waals surface area (Å²) in [4.78, 5) is 31.7. The van der Waals surface area contributed by atoms with Gasteiger partial charge in [0.25, 0.3) is 5.91 Å². The van der Waals surface area contributed by atoms with Crippen LogP contribution in [-0.4, -0.2) is 35.0 Å². The molecule has 8 heteroatoms. The van der Waals surface area contributed by atoms with Crippen molar-refractivity contribution < 1.29 is 9.59 Å². The zero-order valence-corrected chi connectivity index (χ0v) is 17.2. The van der Waals surface area contributed by atoms with Gasteiger partial charge in [-0.3, -0.25) is 9.59 Å². The van der Waals surface area contributed by atoms with Crippen LogP contribution in [0, 0.1) is 0 Å². The minimum atomic E-state index is -0.361. The van der Waals surface area contributed by atoms with Gasteiger partial charge in [-0.15, -0.1) is 0 Å². The Morgan fingerprint density at radius 1 is 1.29 bits per heavy atom. The molecule has 0 bridgehead atoms. The van der Waals surface area contributed by atoms with E-state index in [1.165, 1.54) is 11.8 Å². The van der Waals surface area contributed by atoms with Gasteiger partial charge in [0.15, 0.2) is 5.17 Å². The highest BCUT2D eigenvalue weighted by atomic mass is 35.5. The fourth-order valence-corrected chi connectivity index (χ4v) is 4.52. The predicted octanol–water partition coefficient (Wildman–Crippen LogP) is 3.33. The lowest BCUT2D eigenvalue weighted by atomic mass is 9.93. The van der Waals surface area contributed by atoms with E-state index in [1.54, 1.807) is 7.05 Å². The Morgan fingerprint density at radius 3 is 2.64 bits per heavy atom. The van der Waals surface area contributed by atoms with Gasteiger partial charge >= 0.3 is 0 Å². The van der Waals surface area contributed by atoms with Crippen molar-refractivity contribution in [2.75, 3.05) is 7.05 Å². The Kier molecular flexibility index (Phi) is 5.21. The van der Waals surface area contributed by atoms with E-state index in [4.69, 9.17) is 11.6 Å². The number of amidine groups is 1. The summed E-state index contributed by atoms with van der Waals surface area (Å²) in [5, 5.41) is 9.11. The molecule has 1 aliphatic carbocycles. The number of hydrogen-bond donors (Lipinski definition) is 2. The number of nitrogens with zero attached hydrogens (tertiary/aromatic N) is 2. The maximum absolute atomic E-state index is 12.7. The summed E-state index contributed by atoms with van der Waals surface area (Å²) in [5.74, 6) is -0.183. The number of allylic oxidation sites excluding steroid dienone is 1. The molecule has 6 nitrogen and oxygen atoms in total. The Bertz CT molecular complexity index is 919. The van der Waals surface area contributed by atoms with Crippen molar-refractivity contribution in [3.05, 3.63) is 57.2 Å². The summed E-state index contributed by atoms with van der Waals surface area (Å²) in [6.07, 6.45) is 2.35. The fourth-order valence-electron chi connectivity index (χ4n) is 3.43. The molecule has 0 spiro atoms. The third kappa shape index (κ3) is 3.69. The Balaban J connectivity index is 1.71. The highest BCUT2D eigenvalue weighted by molar-refractivity contribution is 8.16. The van der Waals surface area contributed by atoms with E-state index in [0.29, 0.717) is 22.3 Å². The molecule has 1 aromatic rings. The van der Waals surface area contributed by atoms with Gasteiger partial charge in [-0.05, 0) is 42.9 Å². The quantitative estimate of drug-likeness (QED) is 0.772. The second-order valence-electron chi connectivity index (χ2n) is 7.04. The van der Waals surface area contributed by atoms with Crippen molar-refractivity contribution in [2.45, 2.75) is 38.3 Å². The molecule has 1 saturated carbocycles. The van der Waals surface area contributed by atoms with Gasteiger partial charge in [0.2, 0.25) is 5.91 Å². The highest BCUT2D eigenvalue weighted by Gasteiger charge is 2.40. The third-order valence-corrected chi connectivity index (χ3v) is 6.08. The van der Waals surface area contributed by atoms with Gasteiger partial charge in [-0.25, -0.2) is 4.99 Å². The molecule has 2 N–H and O–H groups in total. The maximum Gasteiger partial charge on any atom is 0.251 e. The van der Waals surface area contributed by atoms with Crippen LogP contribution in [0.5, 0.6) is 0 Å². The molecule has 0 radical (unpaired) electrons. The van der Waals surface area contributed by atoms with Crippen molar-refractivity contribution in [3.8, 4) is 0 Å². The molecular formula is C20H21ClN4O2S. The second kappa shape index (κ2) is 7.64. The van der Waals surface area contributed by atoms with Crippen LogP contribution in [0.25, 0.3) is 0 Å². The summed E-state index contributed by atoms with van der Waals surface area (Å²) < 4.78 is 0. The largest absolute Gasteiger partial charge is 0.355 e. The first-order valence-corrected chi connectivity index (χ1v) is 10.4. The van der Waals surface area contributed by atoms with Gasteiger partial charge in [0, 0.05) is 23.8 Å². The Labute approximate surface area is 173 Å². The van der Waals surface area contributed by atoms with E-state index in [-0.39, 0.29) is 24.3 Å². The number of thioether (sulfide) groups is 1. The van der Waals surface area contributed by atoms with Gasteiger partial charge in [-0.2, -0.15) is 0 Å². The number of carbonyl (C=O) groups is 2. The molecular weight excluding hydrogens is 396 g/mol. The van der Waals surface area contributed by atoms with Crippen LogP contribution >= 0.6 is 23.4 Å². The number of fused-ring (bicyclic) bond motifs is 1. The molecule has 28 heavy (non-hydrogen) atoms. The van der Waals surface area contributed by atoms with Crippen molar-refractivity contribution in [2.24, 2.45) is 4.99 Å². The van der Waals surface area contributed by atoms with Crippen LogP contribution in [-0.2, 0) is 9.59 Å². The molecule has 3 aliphatic rings. The molecule has 0 aromatic heterocycles. The van der Waals surface area contributed by atoms with Crippen molar-refractivity contribution in [3.63, 3.8) is 0 Å². The van der Waals surface area contributed by atoms with Crippen LogP contribution in [0.2, 0.25) is 5.02 Å². The van der Waals surface area contributed by atoms with Crippen molar-refractivity contribution >= 4 is 40.3 Å². The SMILES string of the molecule is CNC(=O)C1=C(C)N=C2SC=C(CC(=O)NC3CC3)N2C1c1ccc(Cl)cc1. The number of nitrogens with one attached hydrogen (secondary N) is 2. The molecule has 2 aliphatic heterocycles. The number of amides is 2. The van der Waals surface area contributed by atoms with E-state index in [2.05, 4.69) is 15.6 Å². The first kappa shape index (κ1) is 19.1. The summed E-state index contributed by atoms with van der Waals surface area (Å²) in [6.45, 7) is 1.84. The van der Waals surface area contributed by atoms with Crippen LogP contribution in [0.1, 0.15) is 37.8 Å². The lowest BCUT2D eigenvalue weighted by Gasteiger charge is -2.36. The van der Waals surface area contributed by atoms with E-state index in [1.807, 2.05) is 41.5 Å². The van der Waals surface area contributed by atoms with Crippen LogP contribution in [0.15, 0.2) is 51.6 Å². The standard InChI is InChI=1S/C20H21ClN4O2S/c1-11-17(19(27)22-2)18(12-3-5-13(21)6-4-12)25-15(10-28-20(25)23-11)9-16(26)24-14-7-8-14/h3-6,10,14,18H,7-9H2,1-2H3,(H,22,27)(H,24,26). The molecule has 4 rings (SSSR count). The molecule has 2 amide bonds. The Hall–Kier alpha value is -2.25. The van der Waals surface area contributed by atoms with E-state index in [9.17, 15) is 9.59 Å². The highest BCUT2D eigenvalue weighted by Crippen LogP contribution is 2.44. The molecule has 146 valence electrons. The number of benzene rings is 1. The lowest BCUT2D eigenvalue weighted by molar-refractivity contribution is -0.120. The topological polar surface area (TPSA) is 73.8 Å². The summed E-state index contributed by atoms with van der Waals surface area (Å²) >= 11 is 7.55. The van der Waals surface area contributed by atoms with Crippen LogP contribution < -0.4 is 10.6 Å². The first-order chi connectivity index (χ1) is 13.5. The average Bonchev–Trinajstić information content (AvgIpc) is 3.40. The molecule has 1 aromatic carbocycles. The average molecular weight is 417 g/mol. The van der Waals surface area contributed by atoms with Crippen LogP contribution in [0.3, 0.4) is 0 Å². The summed E-state index contributed by atoms with van der Waals surface area (Å²) in [6, 6.07) is 7.40.